The second kappa shape index (κ2) is 8.10. The van der Waals surface area contributed by atoms with Crippen LogP contribution in [0.1, 0.15) is 20.8 Å². The molecular formula is C19H21ClN2O3S. The Morgan fingerprint density at radius 3 is 2.50 bits per heavy atom. The molecule has 0 aliphatic carbocycles. The predicted octanol–water partition coefficient (Wildman–Crippen LogP) is 3.52. The number of thiophene rings is 1. The summed E-state index contributed by atoms with van der Waals surface area (Å²) in [6.07, 6.45) is 0. The van der Waals surface area contributed by atoms with Gasteiger partial charge in [-0.25, -0.2) is 4.79 Å². The first kappa shape index (κ1) is 18.7. The van der Waals surface area contributed by atoms with Crippen LogP contribution in [-0.2, 0) is 9.53 Å². The lowest BCUT2D eigenvalue weighted by molar-refractivity contribution is -0.134. The van der Waals surface area contributed by atoms with Gasteiger partial charge < -0.3 is 14.5 Å². The van der Waals surface area contributed by atoms with E-state index in [2.05, 4.69) is 36.9 Å². The molecule has 0 bridgehead atoms. The zero-order chi connectivity index (χ0) is 18.7. The summed E-state index contributed by atoms with van der Waals surface area (Å²) in [7, 11) is 0. The van der Waals surface area contributed by atoms with Crippen LogP contribution in [-0.4, -0.2) is 49.6 Å². The Kier molecular flexibility index (Phi) is 5.84. The van der Waals surface area contributed by atoms with E-state index in [9.17, 15) is 9.59 Å². The molecule has 0 radical (unpaired) electrons. The van der Waals surface area contributed by atoms with Gasteiger partial charge in [0.25, 0.3) is 5.91 Å². The number of carbonyl (C=O) groups excluding carboxylic acids is 2. The minimum absolute atomic E-state index is 0.165. The summed E-state index contributed by atoms with van der Waals surface area (Å²) in [5.74, 6) is -0.675. The lowest BCUT2D eigenvalue weighted by Crippen LogP contribution is -2.50. The Bertz CT molecular complexity index is 813. The lowest BCUT2D eigenvalue weighted by atomic mass is 10.1. The second-order valence-corrected chi connectivity index (χ2v) is 7.98. The number of esters is 1. The molecule has 1 aromatic heterocycles. The third-order valence-corrected chi connectivity index (χ3v) is 5.86. The molecule has 1 aliphatic rings. The van der Waals surface area contributed by atoms with E-state index >= 15 is 0 Å². The van der Waals surface area contributed by atoms with Gasteiger partial charge in [0.05, 0.1) is 4.34 Å². The summed E-state index contributed by atoms with van der Waals surface area (Å²) >= 11 is 6.95. The molecule has 1 aromatic carbocycles. The number of benzene rings is 1. The molecule has 26 heavy (non-hydrogen) atoms. The molecule has 2 aromatic rings. The maximum absolute atomic E-state index is 12.3. The van der Waals surface area contributed by atoms with Crippen LogP contribution in [0.25, 0.3) is 0 Å². The maximum Gasteiger partial charge on any atom is 0.348 e. The van der Waals surface area contributed by atoms with E-state index < -0.39 is 5.97 Å². The number of ether oxygens (including phenoxy) is 1. The number of rotatable bonds is 4. The van der Waals surface area contributed by atoms with Crippen LogP contribution in [0.5, 0.6) is 0 Å². The molecule has 0 atom stereocenters. The average molecular weight is 393 g/mol. The van der Waals surface area contributed by atoms with E-state index in [0.29, 0.717) is 22.3 Å². The van der Waals surface area contributed by atoms with E-state index in [-0.39, 0.29) is 12.5 Å². The Hall–Kier alpha value is -2.05. The van der Waals surface area contributed by atoms with Gasteiger partial charge in [0.2, 0.25) is 0 Å². The highest BCUT2D eigenvalue weighted by molar-refractivity contribution is 7.17. The number of halogens is 1. The van der Waals surface area contributed by atoms with Crippen molar-refractivity contribution in [1.82, 2.24) is 4.90 Å². The van der Waals surface area contributed by atoms with Crippen molar-refractivity contribution in [2.24, 2.45) is 0 Å². The SMILES string of the molecule is Cc1cccc(N2CCN(C(=O)COC(=O)c3ccc(Cl)s3)CC2)c1C. The van der Waals surface area contributed by atoms with E-state index in [1.807, 2.05) is 0 Å². The van der Waals surface area contributed by atoms with Gasteiger partial charge in [-0.2, -0.15) is 0 Å². The monoisotopic (exact) mass is 392 g/mol. The number of amides is 1. The van der Waals surface area contributed by atoms with Crippen molar-refractivity contribution in [2.75, 3.05) is 37.7 Å². The van der Waals surface area contributed by atoms with Crippen LogP contribution < -0.4 is 4.90 Å². The van der Waals surface area contributed by atoms with Crippen molar-refractivity contribution >= 4 is 40.5 Å². The summed E-state index contributed by atoms with van der Waals surface area (Å²) in [6.45, 7) is 6.77. The van der Waals surface area contributed by atoms with E-state index in [1.54, 1.807) is 17.0 Å². The summed E-state index contributed by atoms with van der Waals surface area (Å²) in [5.41, 5.74) is 3.76. The molecule has 1 aliphatic heterocycles. The minimum atomic E-state index is -0.510. The lowest BCUT2D eigenvalue weighted by Gasteiger charge is -2.37. The van der Waals surface area contributed by atoms with Crippen molar-refractivity contribution in [3.63, 3.8) is 0 Å². The third kappa shape index (κ3) is 4.19. The molecule has 2 heterocycles. The highest BCUT2D eigenvalue weighted by Crippen LogP contribution is 2.24. The minimum Gasteiger partial charge on any atom is -0.451 e. The van der Waals surface area contributed by atoms with Crippen molar-refractivity contribution in [2.45, 2.75) is 13.8 Å². The number of anilines is 1. The second-order valence-electron chi connectivity index (χ2n) is 6.27. The number of piperazine rings is 1. The molecule has 5 nitrogen and oxygen atoms in total. The maximum atomic E-state index is 12.3. The van der Waals surface area contributed by atoms with Gasteiger partial charge in [-0.3, -0.25) is 4.79 Å². The average Bonchev–Trinajstić information content (AvgIpc) is 3.08. The number of hydrogen-bond acceptors (Lipinski definition) is 5. The Morgan fingerprint density at radius 2 is 1.85 bits per heavy atom. The molecule has 138 valence electrons. The topological polar surface area (TPSA) is 49.9 Å². The number of aryl methyl sites for hydroxylation is 1. The van der Waals surface area contributed by atoms with Gasteiger partial charge in [-0.05, 0) is 43.2 Å². The van der Waals surface area contributed by atoms with Gasteiger partial charge >= 0.3 is 5.97 Å². The summed E-state index contributed by atoms with van der Waals surface area (Å²) < 4.78 is 5.63. The highest BCUT2D eigenvalue weighted by Gasteiger charge is 2.23. The molecule has 3 rings (SSSR count). The van der Waals surface area contributed by atoms with E-state index in [4.69, 9.17) is 16.3 Å². The molecule has 0 spiro atoms. The quantitative estimate of drug-likeness (QED) is 0.747. The van der Waals surface area contributed by atoms with Crippen molar-refractivity contribution in [1.29, 1.82) is 0 Å². The first-order valence-electron chi connectivity index (χ1n) is 8.47. The van der Waals surface area contributed by atoms with Crippen LogP contribution in [0.2, 0.25) is 4.34 Å². The molecule has 0 saturated carbocycles. The summed E-state index contributed by atoms with van der Waals surface area (Å²) in [4.78, 5) is 28.7. The molecule has 7 heteroatoms. The first-order valence-corrected chi connectivity index (χ1v) is 9.66. The molecule has 0 N–H and O–H groups in total. The van der Waals surface area contributed by atoms with Crippen molar-refractivity contribution in [3.05, 3.63) is 50.7 Å². The Morgan fingerprint density at radius 1 is 1.12 bits per heavy atom. The third-order valence-electron chi connectivity index (χ3n) is 4.65. The smallest absolute Gasteiger partial charge is 0.348 e. The predicted molar refractivity (Wildman–Crippen MR) is 104 cm³/mol. The standard InChI is InChI=1S/C19H21ClN2O3S/c1-13-4-3-5-15(14(13)2)21-8-10-22(11-9-21)18(23)12-25-19(24)16-6-7-17(20)26-16/h3-7H,8-12H2,1-2H3. The highest BCUT2D eigenvalue weighted by atomic mass is 35.5. The first-order chi connectivity index (χ1) is 12.5. The van der Waals surface area contributed by atoms with Crippen LogP contribution in [0, 0.1) is 13.8 Å². The normalized spacial score (nSPS) is 14.4. The summed E-state index contributed by atoms with van der Waals surface area (Å²) in [5, 5.41) is 0. The fourth-order valence-electron chi connectivity index (χ4n) is 2.99. The largest absolute Gasteiger partial charge is 0.451 e. The fraction of sp³-hybridized carbons (Fsp3) is 0.368. The van der Waals surface area contributed by atoms with Crippen molar-refractivity contribution in [3.8, 4) is 0 Å². The van der Waals surface area contributed by atoms with E-state index in [1.165, 1.54) is 16.8 Å². The number of hydrogen-bond donors (Lipinski definition) is 0. The zero-order valence-corrected chi connectivity index (χ0v) is 16.4. The van der Waals surface area contributed by atoms with Crippen LogP contribution in [0.3, 0.4) is 0 Å². The van der Waals surface area contributed by atoms with Crippen LogP contribution >= 0.6 is 22.9 Å². The number of carbonyl (C=O) groups is 2. The molecule has 0 unspecified atom stereocenters. The zero-order valence-electron chi connectivity index (χ0n) is 14.8. The summed E-state index contributed by atoms with van der Waals surface area (Å²) in [6, 6.07) is 9.52. The Balaban J connectivity index is 1.50. The molecule has 1 amide bonds. The molecule has 1 saturated heterocycles. The van der Waals surface area contributed by atoms with Gasteiger partial charge in [-0.15, -0.1) is 11.3 Å². The fourth-order valence-corrected chi connectivity index (χ4v) is 3.93. The molecular weight excluding hydrogens is 372 g/mol. The van der Waals surface area contributed by atoms with Crippen molar-refractivity contribution < 1.29 is 14.3 Å². The van der Waals surface area contributed by atoms with E-state index in [0.717, 1.165) is 24.4 Å². The van der Waals surface area contributed by atoms with Gasteiger partial charge in [0, 0.05) is 31.9 Å². The van der Waals surface area contributed by atoms with Gasteiger partial charge in [-0.1, -0.05) is 23.7 Å². The number of nitrogens with zero attached hydrogens (tertiary/aromatic N) is 2. The van der Waals surface area contributed by atoms with Crippen LogP contribution in [0.15, 0.2) is 30.3 Å². The Labute approximate surface area is 162 Å². The van der Waals surface area contributed by atoms with Gasteiger partial charge in [0.1, 0.15) is 4.88 Å². The van der Waals surface area contributed by atoms with Crippen LogP contribution in [0.4, 0.5) is 5.69 Å². The molecule has 1 fully saturated rings. The van der Waals surface area contributed by atoms with Gasteiger partial charge in [0.15, 0.2) is 6.61 Å².